The van der Waals surface area contributed by atoms with Crippen molar-refractivity contribution in [3.05, 3.63) is 54.2 Å². The van der Waals surface area contributed by atoms with E-state index in [-0.39, 0.29) is 0 Å². The molecule has 0 amide bonds. The van der Waals surface area contributed by atoms with Crippen LogP contribution < -0.4 is 0 Å². The summed E-state index contributed by atoms with van der Waals surface area (Å²) in [5.74, 6) is 1.27. The molecule has 3 heteroatoms. The Morgan fingerprint density at radius 3 is 2.67 bits per heavy atom. The number of hydrogen-bond acceptors (Lipinski definition) is 3. The van der Waals surface area contributed by atoms with Crippen molar-refractivity contribution < 1.29 is 4.52 Å². The minimum atomic E-state index is 0.602. The van der Waals surface area contributed by atoms with Crippen LogP contribution in [-0.4, -0.2) is 10.1 Å². The van der Waals surface area contributed by atoms with Gasteiger partial charge >= 0.3 is 0 Å². The highest BCUT2D eigenvalue weighted by Crippen LogP contribution is 2.16. The Balaban J connectivity index is 2.11. The van der Waals surface area contributed by atoms with Crippen molar-refractivity contribution >= 4 is 5.57 Å². The van der Waals surface area contributed by atoms with Crippen LogP contribution in [0.3, 0.4) is 0 Å². The number of hydrogen-bond donors (Lipinski definition) is 0. The van der Waals surface area contributed by atoms with Gasteiger partial charge in [-0.25, -0.2) is 0 Å². The SMILES string of the molecule is C=C(Cc1nc(C)no1)c1ccccc1. The highest BCUT2D eigenvalue weighted by molar-refractivity contribution is 5.64. The van der Waals surface area contributed by atoms with E-state index in [1.807, 2.05) is 30.3 Å². The summed E-state index contributed by atoms with van der Waals surface area (Å²) in [6, 6.07) is 9.99. The van der Waals surface area contributed by atoms with Crippen molar-refractivity contribution in [1.82, 2.24) is 10.1 Å². The molecule has 0 saturated heterocycles. The van der Waals surface area contributed by atoms with Gasteiger partial charge in [-0.05, 0) is 18.1 Å². The van der Waals surface area contributed by atoms with Crippen molar-refractivity contribution in [3.63, 3.8) is 0 Å². The van der Waals surface area contributed by atoms with E-state index in [0.717, 1.165) is 11.1 Å². The highest BCUT2D eigenvalue weighted by Gasteiger charge is 2.05. The molecule has 2 rings (SSSR count). The summed E-state index contributed by atoms with van der Waals surface area (Å²) in [5.41, 5.74) is 2.09. The first-order chi connectivity index (χ1) is 7.25. The zero-order valence-electron chi connectivity index (χ0n) is 8.60. The van der Waals surface area contributed by atoms with Crippen molar-refractivity contribution in [3.8, 4) is 0 Å². The van der Waals surface area contributed by atoms with Crippen LogP contribution in [0.25, 0.3) is 5.57 Å². The van der Waals surface area contributed by atoms with E-state index in [0.29, 0.717) is 18.1 Å². The van der Waals surface area contributed by atoms with Crippen LogP contribution in [0.4, 0.5) is 0 Å². The lowest BCUT2D eigenvalue weighted by atomic mass is 10.1. The lowest BCUT2D eigenvalue weighted by molar-refractivity contribution is 0.383. The van der Waals surface area contributed by atoms with Crippen LogP contribution in [0.15, 0.2) is 41.4 Å². The molecular weight excluding hydrogens is 188 g/mol. The van der Waals surface area contributed by atoms with Gasteiger partial charge in [0.2, 0.25) is 5.89 Å². The molecular formula is C12H12N2O. The number of aryl methyl sites for hydroxylation is 1. The Morgan fingerprint density at radius 2 is 2.07 bits per heavy atom. The number of aromatic nitrogens is 2. The molecule has 0 atom stereocenters. The fourth-order valence-electron chi connectivity index (χ4n) is 1.37. The maximum atomic E-state index is 5.03. The summed E-state index contributed by atoms with van der Waals surface area (Å²) in [6.07, 6.45) is 0.602. The average Bonchev–Trinajstić information content (AvgIpc) is 2.65. The quantitative estimate of drug-likeness (QED) is 0.764. The van der Waals surface area contributed by atoms with Crippen LogP contribution in [0.2, 0.25) is 0 Å². The smallest absolute Gasteiger partial charge is 0.231 e. The van der Waals surface area contributed by atoms with Crippen molar-refractivity contribution in [2.45, 2.75) is 13.3 Å². The molecule has 0 N–H and O–H groups in total. The molecule has 0 aliphatic rings. The maximum Gasteiger partial charge on any atom is 0.231 e. The van der Waals surface area contributed by atoms with Gasteiger partial charge < -0.3 is 4.52 Å². The average molecular weight is 200 g/mol. The molecule has 0 fully saturated rings. The Kier molecular flexibility index (Phi) is 2.63. The molecule has 3 nitrogen and oxygen atoms in total. The Hall–Kier alpha value is -1.90. The van der Waals surface area contributed by atoms with Gasteiger partial charge in [-0.15, -0.1) is 0 Å². The van der Waals surface area contributed by atoms with Crippen molar-refractivity contribution in [1.29, 1.82) is 0 Å². The van der Waals surface area contributed by atoms with Crippen LogP contribution in [0.1, 0.15) is 17.3 Å². The Labute approximate surface area is 88.4 Å². The molecule has 0 spiro atoms. The fourth-order valence-corrected chi connectivity index (χ4v) is 1.37. The first kappa shape index (κ1) is 9.65. The van der Waals surface area contributed by atoms with Gasteiger partial charge in [-0.1, -0.05) is 42.1 Å². The lowest BCUT2D eigenvalue weighted by Gasteiger charge is -2.01. The van der Waals surface area contributed by atoms with E-state index >= 15 is 0 Å². The largest absolute Gasteiger partial charge is 0.339 e. The second-order valence-electron chi connectivity index (χ2n) is 3.38. The molecule has 1 heterocycles. The summed E-state index contributed by atoms with van der Waals surface area (Å²) in [7, 11) is 0. The van der Waals surface area contributed by atoms with Crippen LogP contribution >= 0.6 is 0 Å². The number of nitrogens with zero attached hydrogens (tertiary/aromatic N) is 2. The van der Waals surface area contributed by atoms with Gasteiger partial charge in [0, 0.05) is 0 Å². The molecule has 15 heavy (non-hydrogen) atoms. The van der Waals surface area contributed by atoms with Crippen molar-refractivity contribution in [2.75, 3.05) is 0 Å². The third-order valence-corrected chi connectivity index (χ3v) is 2.12. The minimum absolute atomic E-state index is 0.602. The van der Waals surface area contributed by atoms with Crippen molar-refractivity contribution in [2.24, 2.45) is 0 Å². The van der Waals surface area contributed by atoms with Crippen LogP contribution in [-0.2, 0) is 6.42 Å². The normalized spacial score (nSPS) is 10.2. The second kappa shape index (κ2) is 4.09. The molecule has 0 aliphatic heterocycles. The number of rotatable bonds is 3. The molecule has 0 aliphatic carbocycles. The van der Waals surface area contributed by atoms with Crippen LogP contribution in [0.5, 0.6) is 0 Å². The van der Waals surface area contributed by atoms with Gasteiger partial charge in [-0.2, -0.15) is 4.98 Å². The molecule has 0 radical (unpaired) electrons. The van der Waals surface area contributed by atoms with Gasteiger partial charge in [0.1, 0.15) is 0 Å². The third-order valence-electron chi connectivity index (χ3n) is 2.12. The zero-order chi connectivity index (χ0) is 10.7. The Morgan fingerprint density at radius 1 is 1.33 bits per heavy atom. The maximum absolute atomic E-state index is 5.03. The van der Waals surface area contributed by atoms with E-state index in [9.17, 15) is 0 Å². The second-order valence-corrected chi connectivity index (χ2v) is 3.38. The Bertz CT molecular complexity index is 459. The van der Waals surface area contributed by atoms with Gasteiger partial charge in [0.15, 0.2) is 5.82 Å². The molecule has 0 saturated carbocycles. The molecule has 1 aromatic carbocycles. The summed E-state index contributed by atoms with van der Waals surface area (Å²) in [4.78, 5) is 4.14. The minimum Gasteiger partial charge on any atom is -0.339 e. The predicted octanol–water partition coefficient (Wildman–Crippen LogP) is 2.63. The summed E-state index contributed by atoms with van der Waals surface area (Å²) < 4.78 is 5.03. The third kappa shape index (κ3) is 2.31. The van der Waals surface area contributed by atoms with E-state index in [1.165, 1.54) is 0 Å². The van der Waals surface area contributed by atoms with E-state index < -0.39 is 0 Å². The summed E-state index contributed by atoms with van der Waals surface area (Å²) in [5, 5.41) is 3.74. The van der Waals surface area contributed by atoms with Gasteiger partial charge in [0.25, 0.3) is 0 Å². The molecule has 76 valence electrons. The topological polar surface area (TPSA) is 38.9 Å². The van der Waals surface area contributed by atoms with E-state index in [2.05, 4.69) is 16.7 Å². The molecule has 0 unspecified atom stereocenters. The van der Waals surface area contributed by atoms with Crippen LogP contribution in [0, 0.1) is 6.92 Å². The standard InChI is InChI=1S/C12H12N2O/c1-9(11-6-4-3-5-7-11)8-12-13-10(2)14-15-12/h3-7H,1,8H2,2H3. The molecule has 1 aromatic heterocycles. The van der Waals surface area contributed by atoms with Gasteiger partial charge in [0.05, 0.1) is 6.42 Å². The summed E-state index contributed by atoms with van der Waals surface area (Å²) >= 11 is 0. The number of allylic oxidation sites excluding steroid dienone is 1. The monoisotopic (exact) mass is 200 g/mol. The predicted molar refractivity (Wildman–Crippen MR) is 58.2 cm³/mol. The first-order valence-electron chi connectivity index (χ1n) is 4.78. The zero-order valence-corrected chi connectivity index (χ0v) is 8.60. The van der Waals surface area contributed by atoms with E-state index in [4.69, 9.17) is 4.52 Å². The van der Waals surface area contributed by atoms with Gasteiger partial charge in [-0.3, -0.25) is 0 Å². The lowest BCUT2D eigenvalue weighted by Crippen LogP contribution is -1.89. The summed E-state index contributed by atoms with van der Waals surface area (Å²) in [6.45, 7) is 5.81. The molecule has 0 bridgehead atoms. The fraction of sp³-hybridized carbons (Fsp3) is 0.167. The molecule has 2 aromatic rings. The first-order valence-corrected chi connectivity index (χ1v) is 4.78. The highest BCUT2D eigenvalue weighted by atomic mass is 16.5. The number of benzene rings is 1. The van der Waals surface area contributed by atoms with E-state index in [1.54, 1.807) is 6.92 Å².